The van der Waals surface area contributed by atoms with Gasteiger partial charge in [0.05, 0.1) is 19.8 Å². The zero-order valence-corrected chi connectivity index (χ0v) is 29.7. The van der Waals surface area contributed by atoms with Gasteiger partial charge in [0.2, 0.25) is 0 Å². The van der Waals surface area contributed by atoms with E-state index >= 15 is 0 Å². The molecule has 0 aromatic rings. The van der Waals surface area contributed by atoms with Crippen LogP contribution in [0.3, 0.4) is 0 Å². The summed E-state index contributed by atoms with van der Waals surface area (Å²) in [6.45, 7) is 4.76. The Hall–Kier alpha value is -1.28. The second kappa shape index (κ2) is 34.1. The predicted octanol–water partition coefficient (Wildman–Crippen LogP) is 9.91. The molecule has 2 atom stereocenters. The van der Waals surface area contributed by atoms with Crippen molar-refractivity contribution in [2.24, 2.45) is 5.73 Å². The van der Waals surface area contributed by atoms with Crippen LogP contribution in [0.1, 0.15) is 149 Å². The van der Waals surface area contributed by atoms with E-state index in [1.165, 1.54) is 70.6 Å². The number of phosphoric acid groups is 1. The first-order chi connectivity index (χ1) is 21.9. The Labute approximate surface area is 276 Å². The monoisotopic (exact) mass is 657 g/mol. The molecule has 0 aliphatic carbocycles. The molecule has 9 heteroatoms. The number of carbonyl (C=O) groups excluding carboxylic acids is 1. The first-order valence-electron chi connectivity index (χ1n) is 18.0. The Morgan fingerprint density at radius 3 is 1.84 bits per heavy atom. The van der Waals surface area contributed by atoms with Gasteiger partial charge in [-0.05, 0) is 44.9 Å². The second-order valence-corrected chi connectivity index (χ2v) is 13.2. The Morgan fingerprint density at radius 2 is 1.24 bits per heavy atom. The SMILES string of the molecule is CC/C=C\C/C=C\C/C=C\CCCCCC(=O)OC(COCCCCCCCCCCCCCCC)COP(=O)(O)OCCN. The number of esters is 1. The van der Waals surface area contributed by atoms with Gasteiger partial charge in [-0.3, -0.25) is 13.8 Å². The van der Waals surface area contributed by atoms with Crippen molar-refractivity contribution in [1.29, 1.82) is 0 Å². The number of hydrogen-bond acceptors (Lipinski definition) is 7. The minimum Gasteiger partial charge on any atom is -0.457 e. The summed E-state index contributed by atoms with van der Waals surface area (Å²) >= 11 is 0. The van der Waals surface area contributed by atoms with Gasteiger partial charge in [-0.2, -0.15) is 0 Å². The summed E-state index contributed by atoms with van der Waals surface area (Å²) in [5, 5.41) is 0. The molecule has 0 bridgehead atoms. The third-order valence-electron chi connectivity index (χ3n) is 7.32. The normalized spacial score (nSPS) is 14.1. The van der Waals surface area contributed by atoms with Gasteiger partial charge in [-0.1, -0.05) is 134 Å². The van der Waals surface area contributed by atoms with E-state index in [1.54, 1.807) is 0 Å². The summed E-state index contributed by atoms with van der Waals surface area (Å²) in [7, 11) is -4.27. The summed E-state index contributed by atoms with van der Waals surface area (Å²) in [5.41, 5.74) is 5.34. The third-order valence-corrected chi connectivity index (χ3v) is 8.31. The largest absolute Gasteiger partial charge is 0.472 e. The topological polar surface area (TPSA) is 117 Å². The van der Waals surface area contributed by atoms with Crippen LogP contribution in [0.5, 0.6) is 0 Å². The average molecular weight is 658 g/mol. The highest BCUT2D eigenvalue weighted by molar-refractivity contribution is 7.47. The van der Waals surface area contributed by atoms with E-state index in [0.717, 1.165) is 57.8 Å². The van der Waals surface area contributed by atoms with Crippen LogP contribution < -0.4 is 5.73 Å². The van der Waals surface area contributed by atoms with Crippen molar-refractivity contribution in [3.8, 4) is 0 Å². The van der Waals surface area contributed by atoms with Crippen LogP contribution in [0.25, 0.3) is 0 Å². The zero-order chi connectivity index (χ0) is 33.1. The lowest BCUT2D eigenvalue weighted by atomic mass is 10.0. The molecule has 3 N–H and O–H groups in total. The Bertz CT molecular complexity index is 787. The first kappa shape index (κ1) is 43.7. The molecule has 264 valence electrons. The molecular weight excluding hydrogens is 589 g/mol. The molecule has 0 heterocycles. The van der Waals surface area contributed by atoms with Gasteiger partial charge >= 0.3 is 13.8 Å². The van der Waals surface area contributed by atoms with Crippen LogP contribution in [0.15, 0.2) is 36.5 Å². The molecule has 0 saturated carbocycles. The Balaban J connectivity index is 4.16. The van der Waals surface area contributed by atoms with Crippen molar-refractivity contribution in [2.45, 2.75) is 155 Å². The van der Waals surface area contributed by atoms with Crippen LogP contribution >= 0.6 is 7.82 Å². The van der Waals surface area contributed by atoms with Gasteiger partial charge in [0, 0.05) is 19.6 Å². The number of rotatable bonds is 34. The van der Waals surface area contributed by atoms with Crippen LogP contribution in [0.4, 0.5) is 0 Å². The van der Waals surface area contributed by atoms with E-state index in [2.05, 4.69) is 50.3 Å². The fourth-order valence-electron chi connectivity index (χ4n) is 4.72. The molecule has 0 saturated heterocycles. The van der Waals surface area contributed by atoms with Gasteiger partial charge in [-0.15, -0.1) is 0 Å². The molecule has 0 amide bonds. The molecule has 8 nitrogen and oxygen atoms in total. The van der Waals surface area contributed by atoms with Gasteiger partial charge in [-0.25, -0.2) is 4.57 Å². The summed E-state index contributed by atoms with van der Waals surface area (Å²) in [5.74, 6) is -0.360. The number of ether oxygens (including phenoxy) is 2. The molecule has 0 aliphatic rings. The fourth-order valence-corrected chi connectivity index (χ4v) is 5.48. The maximum Gasteiger partial charge on any atom is 0.472 e. The molecule has 45 heavy (non-hydrogen) atoms. The van der Waals surface area contributed by atoms with E-state index in [0.29, 0.717) is 6.61 Å². The van der Waals surface area contributed by atoms with Crippen molar-refractivity contribution in [2.75, 3.05) is 33.0 Å². The van der Waals surface area contributed by atoms with E-state index in [4.69, 9.17) is 24.3 Å². The summed E-state index contributed by atoms with van der Waals surface area (Å²) < 4.78 is 33.2. The third kappa shape index (κ3) is 33.9. The van der Waals surface area contributed by atoms with Gasteiger partial charge < -0.3 is 20.1 Å². The van der Waals surface area contributed by atoms with Crippen molar-refractivity contribution in [3.05, 3.63) is 36.5 Å². The van der Waals surface area contributed by atoms with E-state index in [9.17, 15) is 14.3 Å². The zero-order valence-electron chi connectivity index (χ0n) is 28.8. The molecule has 2 unspecified atom stereocenters. The lowest BCUT2D eigenvalue weighted by Crippen LogP contribution is -2.28. The Kier molecular flexibility index (Phi) is 33.1. The second-order valence-electron chi connectivity index (χ2n) is 11.7. The molecule has 0 aliphatic heterocycles. The molecule has 0 radical (unpaired) electrons. The van der Waals surface area contributed by atoms with E-state index in [1.807, 2.05) is 0 Å². The van der Waals surface area contributed by atoms with E-state index < -0.39 is 13.9 Å². The van der Waals surface area contributed by atoms with Gasteiger partial charge in [0.1, 0.15) is 6.10 Å². The van der Waals surface area contributed by atoms with Crippen molar-refractivity contribution >= 4 is 13.8 Å². The summed E-state index contributed by atoms with van der Waals surface area (Å²) in [6, 6.07) is 0. The fraction of sp³-hybridized carbons (Fsp3) is 0.806. The highest BCUT2D eigenvalue weighted by atomic mass is 31.2. The smallest absolute Gasteiger partial charge is 0.457 e. The highest BCUT2D eigenvalue weighted by Crippen LogP contribution is 2.43. The van der Waals surface area contributed by atoms with Crippen LogP contribution in [-0.4, -0.2) is 49.9 Å². The lowest BCUT2D eigenvalue weighted by Gasteiger charge is -2.20. The number of allylic oxidation sites excluding steroid dienone is 6. The van der Waals surface area contributed by atoms with Gasteiger partial charge in [0.25, 0.3) is 0 Å². The number of phosphoric ester groups is 1. The number of nitrogens with two attached hydrogens (primary N) is 1. The minimum atomic E-state index is -4.27. The first-order valence-corrected chi connectivity index (χ1v) is 19.5. The number of hydrogen-bond donors (Lipinski definition) is 2. The molecular formula is C36H68NO7P. The molecule has 0 rings (SSSR count). The quantitative estimate of drug-likeness (QED) is 0.0304. The van der Waals surface area contributed by atoms with Crippen molar-refractivity contribution in [1.82, 2.24) is 0 Å². The molecule has 0 fully saturated rings. The van der Waals surface area contributed by atoms with Gasteiger partial charge in [0.15, 0.2) is 0 Å². The van der Waals surface area contributed by atoms with Crippen LogP contribution in [-0.2, 0) is 27.9 Å². The number of carbonyl (C=O) groups is 1. The maximum atomic E-state index is 12.5. The van der Waals surface area contributed by atoms with Crippen molar-refractivity contribution in [3.63, 3.8) is 0 Å². The van der Waals surface area contributed by atoms with Crippen molar-refractivity contribution < 1.29 is 32.8 Å². The molecule has 0 aromatic carbocycles. The lowest BCUT2D eigenvalue weighted by molar-refractivity contribution is -0.154. The minimum absolute atomic E-state index is 0.0956. The molecule has 0 spiro atoms. The predicted molar refractivity (Wildman–Crippen MR) is 187 cm³/mol. The van der Waals surface area contributed by atoms with Crippen LogP contribution in [0, 0.1) is 0 Å². The molecule has 0 aromatic heterocycles. The highest BCUT2D eigenvalue weighted by Gasteiger charge is 2.25. The van der Waals surface area contributed by atoms with Crippen LogP contribution in [0.2, 0.25) is 0 Å². The Morgan fingerprint density at radius 1 is 0.689 bits per heavy atom. The van der Waals surface area contributed by atoms with E-state index in [-0.39, 0.29) is 38.8 Å². The summed E-state index contributed by atoms with van der Waals surface area (Å²) in [6.07, 6.45) is 35.8. The standard InChI is InChI=1S/C36H68NO7P/c1-3-5-7-9-11-13-15-17-19-21-23-25-27-29-36(38)44-35(34-43-45(39,40)42-32-30-37)33-41-31-28-26-24-22-20-18-16-14-12-10-8-6-4-2/h5,7,11,13,17,19,35H,3-4,6,8-10,12,14-16,18,20-34,37H2,1-2H3,(H,39,40)/b7-5-,13-11-,19-17-. The summed E-state index contributed by atoms with van der Waals surface area (Å²) in [4.78, 5) is 22.3. The average Bonchev–Trinajstić information content (AvgIpc) is 3.02. The number of unbranched alkanes of at least 4 members (excludes halogenated alkanes) is 15. The maximum absolute atomic E-state index is 12.5.